The van der Waals surface area contributed by atoms with Gasteiger partial charge in [-0.1, -0.05) is 46.3 Å². The van der Waals surface area contributed by atoms with Crippen molar-refractivity contribution < 1.29 is 18.0 Å². The molecule has 1 saturated heterocycles. The molecule has 4 rings (SSSR count). The van der Waals surface area contributed by atoms with E-state index in [1.54, 1.807) is 18.5 Å². The second-order valence-corrected chi connectivity index (χ2v) is 9.07. The summed E-state index contributed by atoms with van der Waals surface area (Å²) in [5.74, 6) is 0.624. The van der Waals surface area contributed by atoms with E-state index in [1.165, 1.54) is 18.3 Å². The van der Waals surface area contributed by atoms with Crippen molar-refractivity contribution >= 4 is 46.0 Å². The van der Waals surface area contributed by atoms with Gasteiger partial charge >= 0.3 is 12.2 Å². The summed E-state index contributed by atoms with van der Waals surface area (Å²) in [5.41, 5.74) is 1.21. The Balaban J connectivity index is 1.63. The van der Waals surface area contributed by atoms with Crippen molar-refractivity contribution in [2.45, 2.75) is 25.1 Å². The number of hydrogen-bond acceptors (Lipinski definition) is 5. The predicted octanol–water partition coefficient (Wildman–Crippen LogP) is 5.54. The van der Waals surface area contributed by atoms with Crippen molar-refractivity contribution in [3.63, 3.8) is 0 Å². The van der Waals surface area contributed by atoms with E-state index in [1.807, 2.05) is 0 Å². The minimum atomic E-state index is -4.43. The number of pyridine rings is 1. The molecule has 1 aliphatic rings. The van der Waals surface area contributed by atoms with Crippen LogP contribution in [0.5, 0.6) is 0 Å². The molecule has 1 aliphatic heterocycles. The van der Waals surface area contributed by atoms with Gasteiger partial charge in [0, 0.05) is 42.7 Å². The van der Waals surface area contributed by atoms with E-state index in [4.69, 9.17) is 16.6 Å². The van der Waals surface area contributed by atoms with Crippen LogP contribution in [-0.4, -0.2) is 44.7 Å². The van der Waals surface area contributed by atoms with Gasteiger partial charge in [-0.25, -0.2) is 9.78 Å². The molecule has 0 saturated carbocycles. The number of carbonyl (C=O) groups excluding carboxylic acids is 1. The fourth-order valence-corrected chi connectivity index (χ4v) is 4.42. The summed E-state index contributed by atoms with van der Waals surface area (Å²) >= 11 is 8.47. The number of halogens is 5. The lowest BCUT2D eigenvalue weighted by molar-refractivity contribution is -0.137. The Morgan fingerprint density at radius 3 is 2.46 bits per heavy atom. The van der Waals surface area contributed by atoms with E-state index < -0.39 is 11.7 Å². The number of piperidine rings is 1. The van der Waals surface area contributed by atoms with E-state index in [0.29, 0.717) is 51.0 Å². The van der Waals surface area contributed by atoms with Gasteiger partial charge in [0.25, 0.3) is 0 Å². The summed E-state index contributed by atoms with van der Waals surface area (Å²) in [6.45, 7) is 1.32. The van der Waals surface area contributed by atoms with Crippen molar-refractivity contribution in [1.29, 1.82) is 0 Å². The van der Waals surface area contributed by atoms with Crippen LogP contribution in [0, 0.1) is 0 Å². The molecule has 1 aromatic carbocycles. The molecule has 0 atom stereocenters. The molecule has 35 heavy (non-hydrogen) atoms. The molecule has 2 amide bonds. The quantitative estimate of drug-likeness (QED) is 0.224. The first-order valence-electron chi connectivity index (χ1n) is 10.8. The molecule has 7 nitrogen and oxygen atoms in total. The minimum absolute atomic E-state index is 0.0580. The Labute approximate surface area is 218 Å². The molecule has 184 valence electrons. The number of carbonyl (C=O) groups is 1. The second-order valence-electron chi connectivity index (χ2n) is 7.90. The van der Waals surface area contributed by atoms with Gasteiger partial charge in [0.2, 0.25) is 0 Å². The summed E-state index contributed by atoms with van der Waals surface area (Å²) < 4.78 is 39.6. The highest BCUT2D eigenvalue weighted by Gasteiger charge is 2.30. The predicted molar refractivity (Wildman–Crippen MR) is 137 cm³/mol. The number of benzene rings is 1. The smallest absolute Gasteiger partial charge is 0.355 e. The molecule has 1 fully saturated rings. The van der Waals surface area contributed by atoms with Crippen LogP contribution in [-0.2, 0) is 6.18 Å². The summed E-state index contributed by atoms with van der Waals surface area (Å²) in [4.78, 5) is 27.3. The van der Waals surface area contributed by atoms with Gasteiger partial charge < -0.3 is 15.5 Å². The number of nitrogens with zero attached hydrogens (tertiary/aromatic N) is 4. The van der Waals surface area contributed by atoms with Crippen LogP contribution >= 0.6 is 34.2 Å². The monoisotopic (exact) mass is 616 g/mol. The Bertz CT molecular complexity index is 1190. The highest BCUT2D eigenvalue weighted by atomic mass is 127. The molecule has 2 N–H and O–H groups in total. The zero-order chi connectivity index (χ0) is 25.0. The molecule has 0 radical (unpaired) electrons. The van der Waals surface area contributed by atoms with Crippen molar-refractivity contribution in [3.05, 3.63) is 59.5 Å². The van der Waals surface area contributed by atoms with Crippen LogP contribution < -0.4 is 15.5 Å². The number of anilines is 1. The van der Waals surface area contributed by atoms with Crippen LogP contribution in [0.15, 0.2) is 48.9 Å². The number of urea groups is 1. The number of alkyl halides is 4. The summed E-state index contributed by atoms with van der Waals surface area (Å²) in [6.07, 6.45) is 1.72. The fraction of sp³-hybridized carbons (Fsp3) is 0.304. The highest BCUT2D eigenvalue weighted by Crippen LogP contribution is 2.36. The largest absolute Gasteiger partial charge is 0.416 e. The summed E-state index contributed by atoms with van der Waals surface area (Å²) in [6, 6.07) is 6.37. The van der Waals surface area contributed by atoms with Gasteiger partial charge in [-0.3, -0.25) is 9.97 Å². The summed E-state index contributed by atoms with van der Waals surface area (Å²) in [5, 5.41) is 6.04. The average Bonchev–Trinajstić information content (AvgIpc) is 2.84. The van der Waals surface area contributed by atoms with Gasteiger partial charge in [-0.15, -0.1) is 0 Å². The minimum Gasteiger partial charge on any atom is -0.355 e. The standard InChI is InChI=1S/C23H21ClF3IN6O/c24-18-11-29-8-5-17(18)21-20(14-1-3-15(4-2-14)23(25,26)27)30-12-19(33-21)34-9-6-16(7-10-34)32-22(35)31-13-28/h1-5,8,11-12,16H,6-7,9-10,13H2,(H2,31,32,35). The first kappa shape index (κ1) is 25.4. The number of rotatable bonds is 5. The third-order valence-electron chi connectivity index (χ3n) is 5.65. The zero-order valence-electron chi connectivity index (χ0n) is 18.3. The van der Waals surface area contributed by atoms with Crippen molar-refractivity contribution in [2.75, 3.05) is 22.5 Å². The Morgan fingerprint density at radius 2 is 1.83 bits per heavy atom. The lowest BCUT2D eigenvalue weighted by Gasteiger charge is -2.33. The van der Waals surface area contributed by atoms with E-state index in [2.05, 4.69) is 48.1 Å². The van der Waals surface area contributed by atoms with Crippen LogP contribution in [0.3, 0.4) is 0 Å². The topological polar surface area (TPSA) is 83.0 Å². The van der Waals surface area contributed by atoms with Gasteiger partial charge in [0.1, 0.15) is 11.5 Å². The lowest BCUT2D eigenvalue weighted by atomic mass is 10.0. The maximum absolute atomic E-state index is 13.0. The lowest BCUT2D eigenvalue weighted by Crippen LogP contribution is -2.47. The molecule has 0 bridgehead atoms. The van der Waals surface area contributed by atoms with Crippen LogP contribution in [0.2, 0.25) is 5.02 Å². The average molecular weight is 617 g/mol. The molecule has 0 unspecified atom stereocenters. The van der Waals surface area contributed by atoms with Crippen LogP contribution in [0.25, 0.3) is 22.5 Å². The van der Waals surface area contributed by atoms with Crippen molar-refractivity contribution in [3.8, 4) is 22.5 Å². The molecule has 3 aromatic rings. The number of amides is 2. The Morgan fingerprint density at radius 1 is 1.11 bits per heavy atom. The molecule has 12 heteroatoms. The molecule has 2 aromatic heterocycles. The van der Waals surface area contributed by atoms with Gasteiger partial charge in [-0.05, 0) is 31.0 Å². The van der Waals surface area contributed by atoms with E-state index in [9.17, 15) is 18.0 Å². The van der Waals surface area contributed by atoms with E-state index in [-0.39, 0.29) is 12.1 Å². The van der Waals surface area contributed by atoms with Crippen molar-refractivity contribution in [2.24, 2.45) is 0 Å². The van der Waals surface area contributed by atoms with Crippen molar-refractivity contribution in [1.82, 2.24) is 25.6 Å². The van der Waals surface area contributed by atoms with Gasteiger partial charge in [0.15, 0.2) is 0 Å². The first-order chi connectivity index (χ1) is 16.8. The molecular formula is C23H21ClF3IN6O. The van der Waals surface area contributed by atoms with Crippen LogP contribution in [0.4, 0.5) is 23.8 Å². The number of aromatic nitrogens is 3. The van der Waals surface area contributed by atoms with E-state index in [0.717, 1.165) is 25.0 Å². The van der Waals surface area contributed by atoms with E-state index >= 15 is 0 Å². The second kappa shape index (κ2) is 10.9. The number of hydrogen-bond donors (Lipinski definition) is 2. The number of nitrogens with one attached hydrogen (secondary N) is 2. The normalized spacial score (nSPS) is 14.6. The maximum Gasteiger partial charge on any atom is 0.416 e. The Kier molecular flexibility index (Phi) is 7.95. The van der Waals surface area contributed by atoms with Gasteiger partial charge in [0.05, 0.1) is 27.0 Å². The Hall–Kier alpha value is -2.67. The molecule has 0 spiro atoms. The SMILES string of the molecule is O=C(NCI)NC1CCN(c2cnc(-c3ccc(C(F)(F)F)cc3)c(-c3ccncc3Cl)n2)CC1. The third-order valence-corrected chi connectivity index (χ3v) is 6.34. The molecule has 0 aliphatic carbocycles. The molecular weight excluding hydrogens is 596 g/mol. The highest BCUT2D eigenvalue weighted by molar-refractivity contribution is 14.1. The maximum atomic E-state index is 13.0. The fourth-order valence-electron chi connectivity index (χ4n) is 3.87. The molecule has 3 heterocycles. The van der Waals surface area contributed by atoms with Crippen LogP contribution in [0.1, 0.15) is 18.4 Å². The summed E-state index contributed by atoms with van der Waals surface area (Å²) in [7, 11) is 0. The first-order valence-corrected chi connectivity index (χ1v) is 12.7. The third kappa shape index (κ3) is 6.13. The zero-order valence-corrected chi connectivity index (χ0v) is 21.2. The van der Waals surface area contributed by atoms with Gasteiger partial charge in [-0.2, -0.15) is 13.2 Å².